The zero-order valence-electron chi connectivity index (χ0n) is 18.3. The molecule has 4 aliphatic rings. The Balaban J connectivity index is 1.50. The van der Waals surface area contributed by atoms with Crippen molar-refractivity contribution in [2.45, 2.75) is 58.4 Å². The van der Waals surface area contributed by atoms with Crippen LogP contribution in [0.3, 0.4) is 0 Å². The molecular formula is C26H29NO4. The second-order valence-corrected chi connectivity index (χ2v) is 8.88. The Kier molecular flexibility index (Phi) is 4.51. The highest BCUT2D eigenvalue weighted by atomic mass is 16.7. The van der Waals surface area contributed by atoms with Gasteiger partial charge in [0.15, 0.2) is 23.0 Å². The Morgan fingerprint density at radius 3 is 2.55 bits per heavy atom. The van der Waals surface area contributed by atoms with Crippen molar-refractivity contribution >= 4 is 11.3 Å². The quantitative estimate of drug-likeness (QED) is 0.563. The summed E-state index contributed by atoms with van der Waals surface area (Å²) in [5.74, 6) is 3.55. The van der Waals surface area contributed by atoms with Crippen LogP contribution in [0.25, 0.3) is 11.3 Å². The lowest BCUT2D eigenvalue weighted by Gasteiger charge is -2.43. The van der Waals surface area contributed by atoms with E-state index in [0.29, 0.717) is 13.6 Å². The van der Waals surface area contributed by atoms with Crippen molar-refractivity contribution in [2.24, 2.45) is 0 Å². The summed E-state index contributed by atoms with van der Waals surface area (Å²) in [7, 11) is 0. The summed E-state index contributed by atoms with van der Waals surface area (Å²) >= 11 is 0. The number of fused-ring (bicyclic) bond motifs is 7. The lowest BCUT2D eigenvalue weighted by molar-refractivity contribution is 0.171. The first kappa shape index (κ1) is 18.9. The zero-order valence-corrected chi connectivity index (χ0v) is 18.3. The Morgan fingerprint density at radius 1 is 0.871 bits per heavy atom. The third-order valence-corrected chi connectivity index (χ3v) is 7.11. The van der Waals surface area contributed by atoms with Crippen molar-refractivity contribution in [1.29, 1.82) is 0 Å². The molecule has 3 aliphatic heterocycles. The fraction of sp³-hybridized carbons (Fsp3) is 0.462. The van der Waals surface area contributed by atoms with Gasteiger partial charge in [-0.2, -0.15) is 0 Å². The molecule has 1 atom stereocenters. The molecule has 2 aromatic carbocycles. The zero-order chi connectivity index (χ0) is 20.9. The number of aryl methyl sites for hydroxylation is 1. The van der Waals surface area contributed by atoms with Gasteiger partial charge in [-0.3, -0.25) is 0 Å². The summed E-state index contributed by atoms with van der Waals surface area (Å²) in [6.45, 7) is 6.24. The normalized spacial score (nSPS) is 19.9. The molecule has 1 aliphatic carbocycles. The van der Waals surface area contributed by atoms with Crippen molar-refractivity contribution in [3.05, 3.63) is 46.5 Å². The minimum absolute atomic E-state index is 0.225. The fourth-order valence-electron chi connectivity index (χ4n) is 5.58. The van der Waals surface area contributed by atoms with E-state index < -0.39 is 0 Å². The van der Waals surface area contributed by atoms with E-state index in [-0.39, 0.29) is 6.04 Å². The SMILES string of the molecule is CCCCCCN1C2=C(CCc3cc4c(cc32)OCO4)c2ccc3c(c2C1C)OCO3. The molecule has 0 fully saturated rings. The summed E-state index contributed by atoms with van der Waals surface area (Å²) in [6, 6.07) is 8.93. The predicted octanol–water partition coefficient (Wildman–Crippen LogP) is 5.92. The van der Waals surface area contributed by atoms with E-state index in [0.717, 1.165) is 42.4 Å². The molecule has 0 spiro atoms. The van der Waals surface area contributed by atoms with Crippen LogP contribution in [0.2, 0.25) is 0 Å². The van der Waals surface area contributed by atoms with E-state index >= 15 is 0 Å². The van der Waals surface area contributed by atoms with Crippen LogP contribution < -0.4 is 18.9 Å². The summed E-state index contributed by atoms with van der Waals surface area (Å²) in [5.41, 5.74) is 8.06. The highest BCUT2D eigenvalue weighted by Crippen LogP contribution is 2.54. The maximum Gasteiger partial charge on any atom is 0.231 e. The minimum Gasteiger partial charge on any atom is -0.454 e. The number of nitrogens with zero attached hydrogens (tertiary/aromatic N) is 1. The van der Waals surface area contributed by atoms with E-state index in [9.17, 15) is 0 Å². The van der Waals surface area contributed by atoms with E-state index in [1.54, 1.807) is 0 Å². The maximum absolute atomic E-state index is 5.96. The molecule has 5 heteroatoms. The van der Waals surface area contributed by atoms with Gasteiger partial charge in [0.25, 0.3) is 0 Å². The van der Waals surface area contributed by atoms with Crippen molar-refractivity contribution < 1.29 is 18.9 Å². The first-order valence-electron chi connectivity index (χ1n) is 11.6. The first-order chi connectivity index (χ1) is 15.3. The van der Waals surface area contributed by atoms with Crippen LogP contribution in [0.15, 0.2) is 24.3 Å². The lowest BCUT2D eigenvalue weighted by Crippen LogP contribution is -2.33. The van der Waals surface area contributed by atoms with Crippen LogP contribution in [0.4, 0.5) is 0 Å². The van der Waals surface area contributed by atoms with Gasteiger partial charge in [0.2, 0.25) is 13.6 Å². The minimum atomic E-state index is 0.225. The van der Waals surface area contributed by atoms with E-state index in [1.807, 2.05) is 0 Å². The molecule has 0 aromatic heterocycles. The Hall–Kier alpha value is -2.82. The molecule has 0 bridgehead atoms. The average molecular weight is 420 g/mol. The molecule has 3 heterocycles. The van der Waals surface area contributed by atoms with Crippen LogP contribution in [0, 0.1) is 0 Å². The third kappa shape index (κ3) is 2.89. The van der Waals surface area contributed by atoms with Crippen LogP contribution in [-0.2, 0) is 6.42 Å². The number of hydrogen-bond acceptors (Lipinski definition) is 5. The highest BCUT2D eigenvalue weighted by Gasteiger charge is 2.38. The van der Waals surface area contributed by atoms with Crippen molar-refractivity contribution in [1.82, 2.24) is 4.90 Å². The van der Waals surface area contributed by atoms with Gasteiger partial charge < -0.3 is 23.8 Å². The Labute approximate surface area is 183 Å². The molecule has 31 heavy (non-hydrogen) atoms. The van der Waals surface area contributed by atoms with Gasteiger partial charge in [0.05, 0.1) is 6.04 Å². The van der Waals surface area contributed by atoms with Gasteiger partial charge in [-0.05, 0) is 61.1 Å². The number of benzene rings is 2. The Morgan fingerprint density at radius 2 is 1.68 bits per heavy atom. The highest BCUT2D eigenvalue weighted by molar-refractivity contribution is 5.96. The van der Waals surface area contributed by atoms with Gasteiger partial charge in [-0.1, -0.05) is 32.3 Å². The number of unbranched alkanes of at least 4 members (excludes halogenated alkanes) is 3. The lowest BCUT2D eigenvalue weighted by atomic mass is 9.78. The van der Waals surface area contributed by atoms with Crippen molar-refractivity contribution in [3.63, 3.8) is 0 Å². The summed E-state index contributed by atoms with van der Waals surface area (Å²) in [4.78, 5) is 2.61. The molecule has 0 saturated carbocycles. The molecule has 0 amide bonds. The molecule has 162 valence electrons. The van der Waals surface area contributed by atoms with Gasteiger partial charge >= 0.3 is 0 Å². The summed E-state index contributed by atoms with van der Waals surface area (Å²) < 4.78 is 23.1. The van der Waals surface area contributed by atoms with Crippen LogP contribution >= 0.6 is 0 Å². The molecule has 1 unspecified atom stereocenters. The van der Waals surface area contributed by atoms with E-state index in [4.69, 9.17) is 18.9 Å². The average Bonchev–Trinajstić information content (AvgIpc) is 3.45. The molecule has 0 saturated heterocycles. The fourth-order valence-corrected chi connectivity index (χ4v) is 5.58. The molecule has 0 N–H and O–H groups in total. The number of allylic oxidation sites excluding steroid dienone is 1. The number of hydrogen-bond donors (Lipinski definition) is 0. The maximum atomic E-state index is 5.96. The standard InChI is InChI=1S/C26H29NO4/c1-3-4-5-6-11-27-16(2)24-18(9-10-21-26(24)31-15-28-21)19-8-7-17-12-22-23(30-14-29-22)13-20(17)25(19)27/h9-10,12-13,16H,3-8,11,14-15H2,1-2H3. The summed E-state index contributed by atoms with van der Waals surface area (Å²) in [6.07, 6.45) is 7.01. The third-order valence-electron chi connectivity index (χ3n) is 7.11. The van der Waals surface area contributed by atoms with Gasteiger partial charge in [-0.15, -0.1) is 0 Å². The first-order valence-corrected chi connectivity index (χ1v) is 11.6. The second kappa shape index (κ2) is 7.40. The van der Waals surface area contributed by atoms with Crippen molar-refractivity contribution in [2.75, 3.05) is 20.1 Å². The van der Waals surface area contributed by atoms with Crippen LogP contribution in [-0.4, -0.2) is 25.0 Å². The summed E-state index contributed by atoms with van der Waals surface area (Å²) in [5, 5.41) is 0. The van der Waals surface area contributed by atoms with Crippen molar-refractivity contribution in [3.8, 4) is 23.0 Å². The topological polar surface area (TPSA) is 40.2 Å². The monoisotopic (exact) mass is 419 g/mol. The van der Waals surface area contributed by atoms with Gasteiger partial charge in [0, 0.05) is 23.4 Å². The number of ether oxygens (including phenoxy) is 4. The Bertz CT molecular complexity index is 1070. The van der Waals surface area contributed by atoms with Crippen LogP contribution in [0.5, 0.6) is 23.0 Å². The molecular weight excluding hydrogens is 390 g/mol. The van der Waals surface area contributed by atoms with E-state index in [2.05, 4.69) is 43.0 Å². The number of rotatable bonds is 5. The van der Waals surface area contributed by atoms with E-state index in [1.165, 1.54) is 59.2 Å². The molecule has 0 radical (unpaired) electrons. The van der Waals surface area contributed by atoms with Gasteiger partial charge in [0.1, 0.15) is 0 Å². The predicted molar refractivity (Wildman–Crippen MR) is 120 cm³/mol. The van der Waals surface area contributed by atoms with Gasteiger partial charge in [-0.25, -0.2) is 0 Å². The molecule has 6 rings (SSSR count). The van der Waals surface area contributed by atoms with Crippen LogP contribution in [0.1, 0.15) is 74.2 Å². The molecule has 5 nitrogen and oxygen atoms in total. The smallest absolute Gasteiger partial charge is 0.231 e. The molecule has 2 aromatic rings. The largest absolute Gasteiger partial charge is 0.454 e. The second-order valence-electron chi connectivity index (χ2n) is 8.88.